The van der Waals surface area contributed by atoms with E-state index in [9.17, 15) is 0 Å². The molecular weight excluding hydrogens is 228 g/mol. The monoisotopic (exact) mass is 250 g/mol. The van der Waals surface area contributed by atoms with Crippen LogP contribution in [0.25, 0.3) is 0 Å². The van der Waals surface area contributed by atoms with Gasteiger partial charge in [0.2, 0.25) is 0 Å². The molecule has 0 bridgehead atoms. The van der Waals surface area contributed by atoms with Gasteiger partial charge < -0.3 is 5.32 Å². The first kappa shape index (κ1) is 12.9. The zero-order valence-corrected chi connectivity index (χ0v) is 11.4. The van der Waals surface area contributed by atoms with Crippen molar-refractivity contribution in [1.82, 2.24) is 10.3 Å². The molecule has 94 valence electrons. The van der Waals surface area contributed by atoms with Crippen molar-refractivity contribution in [3.8, 4) is 0 Å². The lowest BCUT2D eigenvalue weighted by Crippen LogP contribution is -2.13. The Balaban J connectivity index is 1.89. The van der Waals surface area contributed by atoms with E-state index in [0.29, 0.717) is 0 Å². The zero-order chi connectivity index (χ0) is 11.9. The summed E-state index contributed by atoms with van der Waals surface area (Å²) >= 11 is 1.94. The summed E-state index contributed by atoms with van der Waals surface area (Å²) in [6.07, 6.45) is 7.60. The van der Waals surface area contributed by atoms with Crippen molar-refractivity contribution in [1.29, 1.82) is 0 Å². The van der Waals surface area contributed by atoms with E-state index < -0.39 is 0 Å². The molecule has 0 spiro atoms. The minimum absolute atomic E-state index is 0.925. The largest absolute Gasteiger partial charge is 0.313 e. The summed E-state index contributed by atoms with van der Waals surface area (Å²) in [5.41, 5.74) is 1.34. The number of thioether (sulfide) groups is 1. The molecule has 0 radical (unpaired) electrons. The van der Waals surface area contributed by atoms with Crippen LogP contribution in [0.2, 0.25) is 0 Å². The minimum atomic E-state index is 0.925. The zero-order valence-electron chi connectivity index (χ0n) is 10.6. The van der Waals surface area contributed by atoms with Crippen LogP contribution in [-0.2, 0) is 6.54 Å². The van der Waals surface area contributed by atoms with E-state index in [0.717, 1.165) is 19.0 Å². The topological polar surface area (TPSA) is 24.9 Å². The molecule has 2 rings (SSSR count). The van der Waals surface area contributed by atoms with Crippen LogP contribution in [0.15, 0.2) is 23.4 Å². The predicted molar refractivity (Wildman–Crippen MR) is 74.3 cm³/mol. The van der Waals surface area contributed by atoms with Crippen LogP contribution >= 0.6 is 11.8 Å². The highest BCUT2D eigenvalue weighted by Crippen LogP contribution is 2.31. The molecule has 0 saturated heterocycles. The number of hydrogen-bond acceptors (Lipinski definition) is 3. The Hall–Kier alpha value is -0.540. The highest BCUT2D eigenvalue weighted by Gasteiger charge is 2.16. The van der Waals surface area contributed by atoms with Crippen molar-refractivity contribution in [2.45, 2.75) is 44.2 Å². The molecule has 1 aromatic heterocycles. The van der Waals surface area contributed by atoms with Crippen LogP contribution in [0.4, 0.5) is 0 Å². The van der Waals surface area contributed by atoms with Crippen molar-refractivity contribution < 1.29 is 0 Å². The normalized spacial score (nSPS) is 16.5. The molecule has 0 atom stereocenters. The molecule has 1 heterocycles. The molecule has 17 heavy (non-hydrogen) atoms. The van der Waals surface area contributed by atoms with Gasteiger partial charge in [-0.25, -0.2) is 4.98 Å². The molecule has 0 unspecified atom stereocenters. The van der Waals surface area contributed by atoms with Gasteiger partial charge in [0.05, 0.1) is 0 Å². The van der Waals surface area contributed by atoms with E-state index in [2.05, 4.69) is 23.3 Å². The van der Waals surface area contributed by atoms with Crippen LogP contribution < -0.4 is 5.32 Å². The van der Waals surface area contributed by atoms with E-state index in [-0.39, 0.29) is 0 Å². The SMILES string of the molecule is CCNCc1cccnc1SCC1CCCC1. The summed E-state index contributed by atoms with van der Waals surface area (Å²) in [5.74, 6) is 2.17. The van der Waals surface area contributed by atoms with Gasteiger partial charge in [0, 0.05) is 18.5 Å². The Morgan fingerprint density at radius 1 is 1.41 bits per heavy atom. The van der Waals surface area contributed by atoms with Gasteiger partial charge in [-0.05, 0) is 36.9 Å². The highest BCUT2D eigenvalue weighted by molar-refractivity contribution is 7.99. The fourth-order valence-electron chi connectivity index (χ4n) is 2.32. The second-order valence-electron chi connectivity index (χ2n) is 4.71. The van der Waals surface area contributed by atoms with Crippen LogP contribution in [-0.4, -0.2) is 17.3 Å². The maximum absolute atomic E-state index is 4.52. The Bertz CT molecular complexity index is 335. The number of hydrogen-bond donors (Lipinski definition) is 1. The van der Waals surface area contributed by atoms with E-state index in [1.807, 2.05) is 24.0 Å². The van der Waals surface area contributed by atoms with Crippen molar-refractivity contribution in [2.24, 2.45) is 5.92 Å². The number of aromatic nitrogens is 1. The Morgan fingerprint density at radius 2 is 2.24 bits per heavy atom. The number of rotatable bonds is 6. The summed E-state index contributed by atoms with van der Waals surface area (Å²) in [5, 5.41) is 4.60. The molecule has 1 aliphatic rings. The lowest BCUT2D eigenvalue weighted by molar-refractivity contribution is 0.622. The fraction of sp³-hybridized carbons (Fsp3) is 0.643. The van der Waals surface area contributed by atoms with E-state index in [1.165, 1.54) is 42.0 Å². The molecule has 3 heteroatoms. The smallest absolute Gasteiger partial charge is 0.100 e. The van der Waals surface area contributed by atoms with Crippen LogP contribution in [0.3, 0.4) is 0 Å². The van der Waals surface area contributed by atoms with Gasteiger partial charge in [-0.2, -0.15) is 0 Å². The van der Waals surface area contributed by atoms with Crippen molar-refractivity contribution in [3.63, 3.8) is 0 Å². The summed E-state index contributed by atoms with van der Waals surface area (Å²) < 4.78 is 0. The van der Waals surface area contributed by atoms with Crippen LogP contribution in [0.5, 0.6) is 0 Å². The third kappa shape index (κ3) is 4.00. The average Bonchev–Trinajstić information content (AvgIpc) is 2.88. The van der Waals surface area contributed by atoms with Crippen molar-refractivity contribution in [3.05, 3.63) is 23.9 Å². The molecule has 0 amide bonds. The summed E-state index contributed by atoms with van der Waals surface area (Å²) in [4.78, 5) is 4.52. The van der Waals surface area contributed by atoms with Gasteiger partial charge in [-0.1, -0.05) is 25.8 Å². The first-order valence-corrected chi connectivity index (χ1v) is 7.66. The molecule has 1 fully saturated rings. The van der Waals surface area contributed by atoms with Gasteiger partial charge >= 0.3 is 0 Å². The molecule has 2 nitrogen and oxygen atoms in total. The van der Waals surface area contributed by atoms with Gasteiger partial charge in [0.1, 0.15) is 5.03 Å². The summed E-state index contributed by atoms with van der Waals surface area (Å²) in [6, 6.07) is 4.22. The average molecular weight is 250 g/mol. The van der Waals surface area contributed by atoms with Crippen molar-refractivity contribution in [2.75, 3.05) is 12.3 Å². The predicted octanol–water partition coefficient (Wildman–Crippen LogP) is 3.47. The van der Waals surface area contributed by atoms with Gasteiger partial charge in [-0.15, -0.1) is 11.8 Å². The standard InChI is InChI=1S/C14H22N2S/c1-2-15-10-13-8-5-9-16-14(13)17-11-12-6-3-4-7-12/h5,8-9,12,15H,2-4,6-7,10-11H2,1H3. The maximum Gasteiger partial charge on any atom is 0.100 e. The highest BCUT2D eigenvalue weighted by atomic mass is 32.2. The molecule has 1 aromatic rings. The second kappa shape index (κ2) is 7.02. The molecule has 1 saturated carbocycles. The van der Waals surface area contributed by atoms with Crippen LogP contribution in [0.1, 0.15) is 38.2 Å². The van der Waals surface area contributed by atoms with Crippen LogP contribution in [0, 0.1) is 5.92 Å². The summed E-state index contributed by atoms with van der Waals surface area (Å²) in [7, 11) is 0. The lowest BCUT2D eigenvalue weighted by Gasteiger charge is -2.11. The van der Waals surface area contributed by atoms with Gasteiger partial charge in [-0.3, -0.25) is 0 Å². The molecule has 0 aromatic carbocycles. The molecule has 1 N–H and O–H groups in total. The minimum Gasteiger partial charge on any atom is -0.313 e. The first-order valence-electron chi connectivity index (χ1n) is 6.67. The second-order valence-corrected chi connectivity index (χ2v) is 5.72. The van der Waals surface area contributed by atoms with Crippen molar-refractivity contribution >= 4 is 11.8 Å². The van der Waals surface area contributed by atoms with E-state index in [1.54, 1.807) is 0 Å². The molecule has 1 aliphatic carbocycles. The lowest BCUT2D eigenvalue weighted by atomic mass is 10.1. The Morgan fingerprint density at radius 3 is 3.00 bits per heavy atom. The number of pyridine rings is 1. The quantitative estimate of drug-likeness (QED) is 0.783. The van der Waals surface area contributed by atoms with Gasteiger partial charge in [0.25, 0.3) is 0 Å². The Kier molecular flexibility index (Phi) is 5.33. The van der Waals surface area contributed by atoms with E-state index in [4.69, 9.17) is 0 Å². The van der Waals surface area contributed by atoms with E-state index >= 15 is 0 Å². The maximum atomic E-state index is 4.52. The number of nitrogens with one attached hydrogen (secondary N) is 1. The third-order valence-electron chi connectivity index (χ3n) is 3.35. The molecule has 0 aliphatic heterocycles. The Labute approximate surface area is 109 Å². The molecular formula is C14H22N2S. The fourth-order valence-corrected chi connectivity index (χ4v) is 3.51. The third-order valence-corrected chi connectivity index (χ3v) is 4.63. The van der Waals surface area contributed by atoms with Gasteiger partial charge in [0.15, 0.2) is 0 Å². The first-order chi connectivity index (χ1) is 8.40. The summed E-state index contributed by atoms with van der Waals surface area (Å²) in [6.45, 7) is 4.10. The number of nitrogens with zero attached hydrogens (tertiary/aromatic N) is 1.